The van der Waals surface area contributed by atoms with Crippen LogP contribution in [-0.2, 0) is 19.6 Å². The van der Waals surface area contributed by atoms with E-state index in [1.807, 2.05) is 0 Å². The first-order chi connectivity index (χ1) is 10.4. The van der Waals surface area contributed by atoms with E-state index in [1.54, 1.807) is 13.0 Å². The molecule has 1 saturated heterocycles. The number of carbonyl (C=O) groups is 1. The molecule has 120 valence electrons. The van der Waals surface area contributed by atoms with Crippen molar-refractivity contribution in [1.29, 1.82) is 5.26 Å². The first-order valence-electron chi connectivity index (χ1n) is 6.84. The Bertz CT molecular complexity index is 684. The quantitative estimate of drug-likeness (QED) is 0.750. The van der Waals surface area contributed by atoms with Gasteiger partial charge in [0.2, 0.25) is 10.0 Å². The predicted molar refractivity (Wildman–Crippen MR) is 74.0 cm³/mol. The van der Waals surface area contributed by atoms with Gasteiger partial charge in [0.05, 0.1) is 5.92 Å². The lowest BCUT2D eigenvalue weighted by Crippen LogP contribution is -2.43. The van der Waals surface area contributed by atoms with Crippen molar-refractivity contribution in [3.8, 4) is 6.07 Å². The van der Waals surface area contributed by atoms with Gasteiger partial charge in [-0.2, -0.15) is 9.57 Å². The highest BCUT2D eigenvalue weighted by molar-refractivity contribution is 7.89. The zero-order valence-corrected chi connectivity index (χ0v) is 13.2. The van der Waals surface area contributed by atoms with Gasteiger partial charge in [-0.25, -0.2) is 8.42 Å². The van der Waals surface area contributed by atoms with Crippen LogP contribution in [0, 0.1) is 31.1 Å². The number of piperidine rings is 1. The van der Waals surface area contributed by atoms with Crippen molar-refractivity contribution < 1.29 is 22.5 Å². The number of aromatic nitrogens is 1. The minimum Gasteiger partial charge on any atom is -0.450 e. The third-order valence-corrected chi connectivity index (χ3v) is 5.67. The lowest BCUT2D eigenvalue weighted by atomic mass is 10.0. The summed E-state index contributed by atoms with van der Waals surface area (Å²) in [5, 5.41) is 12.1. The Hall–Kier alpha value is -1.92. The maximum absolute atomic E-state index is 12.7. The normalized spacial score (nSPS) is 19.6. The SMILES string of the molecule is Cc1noc(C)c1S(=O)(=O)N1CCC[C@H](C(=O)OCC#N)C1. The van der Waals surface area contributed by atoms with E-state index >= 15 is 0 Å². The molecule has 0 amide bonds. The van der Waals surface area contributed by atoms with Gasteiger partial charge >= 0.3 is 5.97 Å². The van der Waals surface area contributed by atoms with Crippen LogP contribution < -0.4 is 0 Å². The van der Waals surface area contributed by atoms with Crippen LogP contribution in [0.5, 0.6) is 0 Å². The minimum atomic E-state index is -3.76. The molecule has 0 spiro atoms. The molecule has 22 heavy (non-hydrogen) atoms. The summed E-state index contributed by atoms with van der Waals surface area (Å²) in [4.78, 5) is 11.9. The highest BCUT2D eigenvalue weighted by Crippen LogP contribution is 2.28. The van der Waals surface area contributed by atoms with Crippen LogP contribution >= 0.6 is 0 Å². The largest absolute Gasteiger partial charge is 0.450 e. The maximum Gasteiger partial charge on any atom is 0.311 e. The molecule has 2 heterocycles. The van der Waals surface area contributed by atoms with Gasteiger partial charge in [0, 0.05) is 13.1 Å². The summed E-state index contributed by atoms with van der Waals surface area (Å²) in [5.41, 5.74) is 0.298. The van der Waals surface area contributed by atoms with E-state index in [-0.39, 0.29) is 23.8 Å². The van der Waals surface area contributed by atoms with Gasteiger partial charge in [-0.3, -0.25) is 4.79 Å². The smallest absolute Gasteiger partial charge is 0.311 e. The Balaban J connectivity index is 2.19. The van der Waals surface area contributed by atoms with Gasteiger partial charge in [-0.15, -0.1) is 0 Å². The van der Waals surface area contributed by atoms with Crippen molar-refractivity contribution >= 4 is 16.0 Å². The Morgan fingerprint density at radius 3 is 2.86 bits per heavy atom. The van der Waals surface area contributed by atoms with Gasteiger partial charge in [0.15, 0.2) is 12.4 Å². The second-order valence-electron chi connectivity index (χ2n) is 5.12. The summed E-state index contributed by atoms with van der Waals surface area (Å²) in [6.07, 6.45) is 1.09. The second kappa shape index (κ2) is 6.46. The lowest BCUT2D eigenvalue weighted by Gasteiger charge is -2.30. The molecule has 0 bridgehead atoms. The van der Waals surface area contributed by atoms with E-state index in [9.17, 15) is 13.2 Å². The molecule has 1 atom stereocenters. The van der Waals surface area contributed by atoms with Crippen LogP contribution in [0.1, 0.15) is 24.3 Å². The van der Waals surface area contributed by atoms with Crippen LogP contribution in [-0.4, -0.2) is 43.5 Å². The number of esters is 1. The van der Waals surface area contributed by atoms with Crippen LogP contribution in [0.15, 0.2) is 9.42 Å². The zero-order valence-electron chi connectivity index (χ0n) is 12.4. The summed E-state index contributed by atoms with van der Waals surface area (Å²) >= 11 is 0. The molecule has 0 unspecified atom stereocenters. The monoisotopic (exact) mass is 327 g/mol. The van der Waals surface area contributed by atoms with Crippen LogP contribution in [0.2, 0.25) is 0 Å². The molecule has 1 aliphatic heterocycles. The number of aryl methyl sites for hydroxylation is 2. The summed E-state index contributed by atoms with van der Waals surface area (Å²) in [6.45, 7) is 3.14. The molecular formula is C13H17N3O5S. The van der Waals surface area contributed by atoms with E-state index in [0.29, 0.717) is 25.1 Å². The molecule has 0 N–H and O–H groups in total. The molecular weight excluding hydrogens is 310 g/mol. The van der Waals surface area contributed by atoms with E-state index in [4.69, 9.17) is 14.5 Å². The summed E-state index contributed by atoms with van der Waals surface area (Å²) < 4.78 is 36.3. The molecule has 9 heteroatoms. The third-order valence-electron chi connectivity index (χ3n) is 3.56. The highest BCUT2D eigenvalue weighted by Gasteiger charge is 2.36. The van der Waals surface area contributed by atoms with E-state index < -0.39 is 21.9 Å². The van der Waals surface area contributed by atoms with Crippen LogP contribution in [0.4, 0.5) is 0 Å². The molecule has 0 aliphatic carbocycles. The van der Waals surface area contributed by atoms with Gasteiger partial charge < -0.3 is 9.26 Å². The van der Waals surface area contributed by atoms with Crippen molar-refractivity contribution in [2.75, 3.05) is 19.7 Å². The average Bonchev–Trinajstić information content (AvgIpc) is 2.84. The van der Waals surface area contributed by atoms with E-state index in [2.05, 4.69) is 5.16 Å². The summed E-state index contributed by atoms with van der Waals surface area (Å²) in [7, 11) is -3.76. The average molecular weight is 327 g/mol. The second-order valence-corrected chi connectivity index (χ2v) is 7.00. The topological polar surface area (TPSA) is 114 Å². The van der Waals surface area contributed by atoms with Crippen molar-refractivity contribution in [3.05, 3.63) is 11.5 Å². The number of hydrogen-bond donors (Lipinski definition) is 0. The Morgan fingerprint density at radius 2 is 2.27 bits per heavy atom. The summed E-state index contributed by atoms with van der Waals surface area (Å²) in [6, 6.07) is 1.72. The standard InChI is InChI=1S/C13H17N3O5S/c1-9-12(10(2)21-15-9)22(18,19)16-6-3-4-11(8-16)13(17)20-7-5-14/h11H,3-4,6-8H2,1-2H3/t11-/m0/s1. The highest BCUT2D eigenvalue weighted by atomic mass is 32.2. The minimum absolute atomic E-state index is 0.0383. The molecule has 1 fully saturated rings. The molecule has 8 nitrogen and oxygen atoms in total. The number of carbonyl (C=O) groups excluding carboxylic acids is 1. The van der Waals surface area contributed by atoms with E-state index in [0.717, 1.165) is 0 Å². The fourth-order valence-electron chi connectivity index (χ4n) is 2.55. The van der Waals surface area contributed by atoms with Gasteiger partial charge in [0.1, 0.15) is 16.7 Å². The number of nitrogens with zero attached hydrogens (tertiary/aromatic N) is 3. The van der Waals surface area contributed by atoms with Crippen LogP contribution in [0.25, 0.3) is 0 Å². The van der Waals surface area contributed by atoms with Crippen molar-refractivity contribution in [2.24, 2.45) is 5.92 Å². The maximum atomic E-state index is 12.7. The number of rotatable bonds is 4. The third kappa shape index (κ3) is 3.13. The zero-order chi connectivity index (χ0) is 16.3. The fraction of sp³-hybridized carbons (Fsp3) is 0.615. The van der Waals surface area contributed by atoms with Crippen molar-refractivity contribution in [3.63, 3.8) is 0 Å². The first kappa shape index (κ1) is 16.5. The molecule has 2 rings (SSSR count). The number of sulfonamides is 1. The fourth-order valence-corrected chi connectivity index (χ4v) is 4.36. The van der Waals surface area contributed by atoms with E-state index in [1.165, 1.54) is 11.2 Å². The Labute approximate surface area is 128 Å². The molecule has 0 saturated carbocycles. The molecule has 1 aromatic rings. The van der Waals surface area contributed by atoms with Gasteiger partial charge in [-0.1, -0.05) is 5.16 Å². The van der Waals surface area contributed by atoms with Crippen LogP contribution in [0.3, 0.4) is 0 Å². The Morgan fingerprint density at radius 1 is 1.55 bits per heavy atom. The molecule has 1 aliphatic rings. The molecule has 0 aromatic carbocycles. The van der Waals surface area contributed by atoms with Crippen molar-refractivity contribution in [2.45, 2.75) is 31.6 Å². The molecule has 0 radical (unpaired) electrons. The Kier molecular flexibility index (Phi) is 4.83. The number of nitriles is 1. The lowest BCUT2D eigenvalue weighted by molar-refractivity contribution is -0.148. The van der Waals surface area contributed by atoms with Crippen molar-refractivity contribution in [1.82, 2.24) is 9.46 Å². The first-order valence-corrected chi connectivity index (χ1v) is 8.28. The number of ether oxygens (including phenoxy) is 1. The van der Waals surface area contributed by atoms with Gasteiger partial charge in [-0.05, 0) is 26.7 Å². The predicted octanol–water partition coefficient (Wildman–Crippen LogP) is 0.759. The van der Waals surface area contributed by atoms with Gasteiger partial charge in [0.25, 0.3) is 0 Å². The summed E-state index contributed by atoms with van der Waals surface area (Å²) in [5.74, 6) is -0.871. The number of hydrogen-bond acceptors (Lipinski definition) is 7. The molecule has 1 aromatic heterocycles.